The Hall–Kier alpha value is -3.77. The summed E-state index contributed by atoms with van der Waals surface area (Å²) in [6.45, 7) is 10.1. The number of carbonyl (C=O) groups is 1. The molecule has 3 aromatic rings. The number of aryl methyl sites for hydroxylation is 2. The van der Waals surface area contributed by atoms with Crippen LogP contribution in [-0.2, 0) is 11.2 Å². The normalized spacial score (nSPS) is 15.7. The summed E-state index contributed by atoms with van der Waals surface area (Å²) in [4.78, 5) is 20.6. The Balaban J connectivity index is 1.78. The van der Waals surface area contributed by atoms with Crippen molar-refractivity contribution in [3.05, 3.63) is 100 Å². The van der Waals surface area contributed by atoms with Gasteiger partial charge in [0.15, 0.2) is 16.7 Å². The van der Waals surface area contributed by atoms with E-state index in [-0.39, 0.29) is 11.7 Å². The Kier molecular flexibility index (Phi) is 7.42. The summed E-state index contributed by atoms with van der Waals surface area (Å²) in [6.07, 6.45) is 4.03. The molecule has 1 aliphatic heterocycles. The van der Waals surface area contributed by atoms with Crippen molar-refractivity contribution in [2.45, 2.75) is 27.2 Å². The smallest absolute Gasteiger partial charge is 0.271 e. The van der Waals surface area contributed by atoms with Gasteiger partial charge in [-0.3, -0.25) is 9.69 Å². The lowest BCUT2D eigenvalue weighted by Gasteiger charge is -2.16. The fraction of sp³-hybridized carbons (Fsp3) is 0.172. The molecular formula is C29H28N2O3S. The highest BCUT2D eigenvalue weighted by Crippen LogP contribution is 2.39. The summed E-state index contributed by atoms with van der Waals surface area (Å²) in [6, 6.07) is 19.3. The second kappa shape index (κ2) is 10.7. The molecule has 1 N–H and O–H groups in total. The first kappa shape index (κ1) is 24.4. The van der Waals surface area contributed by atoms with Gasteiger partial charge >= 0.3 is 0 Å². The minimum atomic E-state index is -0.152. The summed E-state index contributed by atoms with van der Waals surface area (Å²) in [5, 5.41) is 11.1. The molecule has 178 valence electrons. The van der Waals surface area contributed by atoms with Crippen molar-refractivity contribution < 1.29 is 14.6 Å². The van der Waals surface area contributed by atoms with E-state index >= 15 is 0 Å². The zero-order valence-corrected chi connectivity index (χ0v) is 20.9. The van der Waals surface area contributed by atoms with E-state index < -0.39 is 0 Å². The van der Waals surface area contributed by atoms with Crippen molar-refractivity contribution in [1.29, 1.82) is 0 Å². The standard InChI is InChI=1S/C29H28N2O3S/c1-5-7-22-16-21(17-25(27(22)32)34-6-2)18-26-28(33)31(24-14-10-20(4)11-15-24)29(35-26)30-23-12-8-19(3)9-13-23/h5,8-18,32H,1,6-7H2,2-4H3/b26-18-,30-29?. The highest BCUT2D eigenvalue weighted by atomic mass is 32.2. The number of ether oxygens (including phenoxy) is 1. The van der Waals surface area contributed by atoms with E-state index in [2.05, 4.69) is 6.58 Å². The molecule has 0 radical (unpaired) electrons. The van der Waals surface area contributed by atoms with Crippen molar-refractivity contribution in [2.75, 3.05) is 11.5 Å². The highest BCUT2D eigenvalue weighted by Gasteiger charge is 2.34. The lowest BCUT2D eigenvalue weighted by Crippen LogP contribution is -2.28. The SMILES string of the molecule is C=CCc1cc(/C=C2\SC(=Nc3ccc(C)cc3)N(c3ccc(C)cc3)C2=O)cc(OCC)c1O. The molecule has 6 heteroatoms. The van der Waals surface area contributed by atoms with Crippen LogP contribution >= 0.6 is 11.8 Å². The third-order valence-corrected chi connectivity index (χ3v) is 6.46. The molecule has 0 atom stereocenters. The minimum absolute atomic E-state index is 0.0993. The average molecular weight is 485 g/mol. The van der Waals surface area contributed by atoms with E-state index in [9.17, 15) is 9.90 Å². The molecule has 0 unspecified atom stereocenters. The van der Waals surface area contributed by atoms with Crippen molar-refractivity contribution in [3.63, 3.8) is 0 Å². The molecule has 0 saturated carbocycles. The number of rotatable bonds is 7. The van der Waals surface area contributed by atoms with Crippen molar-refractivity contribution in [2.24, 2.45) is 4.99 Å². The average Bonchev–Trinajstić information content (AvgIpc) is 3.13. The molecule has 1 saturated heterocycles. The van der Waals surface area contributed by atoms with Gasteiger partial charge in [-0.15, -0.1) is 6.58 Å². The number of amidine groups is 1. The molecule has 0 aliphatic carbocycles. The maximum atomic E-state index is 13.6. The van der Waals surface area contributed by atoms with E-state index in [0.717, 1.165) is 28.1 Å². The fourth-order valence-corrected chi connectivity index (χ4v) is 4.70. The zero-order chi connectivity index (χ0) is 24.9. The number of nitrogens with zero attached hydrogens (tertiary/aromatic N) is 2. The maximum absolute atomic E-state index is 13.6. The summed E-state index contributed by atoms with van der Waals surface area (Å²) in [5.41, 5.74) is 5.25. The first-order valence-electron chi connectivity index (χ1n) is 11.4. The number of benzene rings is 3. The van der Waals surface area contributed by atoms with Gasteiger partial charge in [0, 0.05) is 5.56 Å². The highest BCUT2D eigenvalue weighted by molar-refractivity contribution is 8.19. The predicted octanol–water partition coefficient (Wildman–Crippen LogP) is 6.94. The molecule has 1 aliphatic rings. The molecule has 0 spiro atoms. The van der Waals surface area contributed by atoms with Gasteiger partial charge in [0.05, 0.1) is 22.9 Å². The van der Waals surface area contributed by atoms with E-state index in [4.69, 9.17) is 9.73 Å². The first-order valence-corrected chi connectivity index (χ1v) is 12.3. The number of amides is 1. The molecule has 4 rings (SSSR count). The van der Waals surface area contributed by atoms with Gasteiger partial charge in [0.1, 0.15) is 0 Å². The number of phenolic OH excluding ortho intramolecular Hbond substituents is 1. The van der Waals surface area contributed by atoms with Gasteiger partial charge in [-0.2, -0.15) is 0 Å². The fourth-order valence-electron chi connectivity index (χ4n) is 3.70. The van der Waals surface area contributed by atoms with Gasteiger partial charge in [0.25, 0.3) is 5.91 Å². The van der Waals surface area contributed by atoms with Crippen molar-refractivity contribution in [3.8, 4) is 11.5 Å². The van der Waals surface area contributed by atoms with Crippen LogP contribution in [0.25, 0.3) is 6.08 Å². The molecule has 1 fully saturated rings. The number of hydrogen-bond donors (Lipinski definition) is 1. The number of aliphatic imine (C=N–C) groups is 1. The number of allylic oxidation sites excluding steroid dienone is 1. The number of anilines is 1. The maximum Gasteiger partial charge on any atom is 0.271 e. The van der Waals surface area contributed by atoms with Crippen LogP contribution in [0.5, 0.6) is 11.5 Å². The summed E-state index contributed by atoms with van der Waals surface area (Å²) in [5.74, 6) is 0.335. The van der Waals surface area contributed by atoms with Gasteiger partial charge in [-0.05, 0) is 87.0 Å². The van der Waals surface area contributed by atoms with Crippen LogP contribution in [0.15, 0.2) is 83.2 Å². The van der Waals surface area contributed by atoms with Crippen molar-refractivity contribution in [1.82, 2.24) is 0 Å². The van der Waals surface area contributed by atoms with E-state index in [1.807, 2.05) is 81.4 Å². The molecule has 0 aromatic heterocycles. The monoisotopic (exact) mass is 484 g/mol. The molecule has 1 amide bonds. The molecule has 1 heterocycles. The summed E-state index contributed by atoms with van der Waals surface area (Å²) < 4.78 is 5.63. The van der Waals surface area contributed by atoms with Gasteiger partial charge in [-0.25, -0.2) is 4.99 Å². The Morgan fingerprint density at radius 2 is 1.71 bits per heavy atom. The second-order valence-corrected chi connectivity index (χ2v) is 9.28. The topological polar surface area (TPSA) is 62.1 Å². The molecular weight excluding hydrogens is 456 g/mol. The zero-order valence-electron chi connectivity index (χ0n) is 20.1. The predicted molar refractivity (Wildman–Crippen MR) is 146 cm³/mol. The van der Waals surface area contributed by atoms with Crippen LogP contribution in [0.3, 0.4) is 0 Å². The Labute approximate surface area is 210 Å². The Morgan fingerprint density at radius 3 is 2.34 bits per heavy atom. The minimum Gasteiger partial charge on any atom is -0.504 e. The van der Waals surface area contributed by atoms with Crippen LogP contribution in [0.4, 0.5) is 11.4 Å². The first-order chi connectivity index (χ1) is 16.9. The molecule has 3 aromatic carbocycles. The van der Waals surface area contributed by atoms with Crippen LogP contribution in [0.1, 0.15) is 29.2 Å². The van der Waals surface area contributed by atoms with Gasteiger partial charge in [0.2, 0.25) is 0 Å². The van der Waals surface area contributed by atoms with Crippen LogP contribution in [0.2, 0.25) is 0 Å². The third kappa shape index (κ3) is 5.49. The number of aromatic hydroxyl groups is 1. The Bertz CT molecular complexity index is 1310. The van der Waals surface area contributed by atoms with E-state index in [1.165, 1.54) is 11.8 Å². The second-order valence-electron chi connectivity index (χ2n) is 8.27. The lowest BCUT2D eigenvalue weighted by atomic mass is 10.0. The largest absolute Gasteiger partial charge is 0.504 e. The molecule has 5 nitrogen and oxygen atoms in total. The third-order valence-electron chi connectivity index (χ3n) is 5.50. The van der Waals surface area contributed by atoms with Crippen LogP contribution < -0.4 is 9.64 Å². The Morgan fingerprint density at radius 1 is 1.06 bits per heavy atom. The summed E-state index contributed by atoms with van der Waals surface area (Å²) in [7, 11) is 0. The van der Waals surface area contributed by atoms with E-state index in [0.29, 0.717) is 34.4 Å². The molecule has 35 heavy (non-hydrogen) atoms. The summed E-state index contributed by atoms with van der Waals surface area (Å²) >= 11 is 1.33. The number of carbonyl (C=O) groups excluding carboxylic acids is 1. The van der Waals surface area contributed by atoms with Gasteiger partial charge < -0.3 is 9.84 Å². The van der Waals surface area contributed by atoms with Crippen LogP contribution in [-0.4, -0.2) is 22.8 Å². The van der Waals surface area contributed by atoms with Crippen molar-refractivity contribution >= 4 is 40.3 Å². The van der Waals surface area contributed by atoms with E-state index in [1.54, 1.807) is 17.0 Å². The number of hydrogen-bond acceptors (Lipinski definition) is 5. The van der Waals surface area contributed by atoms with Gasteiger partial charge in [-0.1, -0.05) is 41.5 Å². The number of phenols is 1. The lowest BCUT2D eigenvalue weighted by molar-refractivity contribution is -0.113. The van der Waals surface area contributed by atoms with Crippen LogP contribution in [0, 0.1) is 13.8 Å². The number of thioether (sulfide) groups is 1. The quantitative estimate of drug-likeness (QED) is 0.291. The molecule has 0 bridgehead atoms.